The highest BCUT2D eigenvalue weighted by atomic mass is 16.5. The van der Waals surface area contributed by atoms with Crippen LogP contribution in [0, 0.1) is 5.92 Å². The van der Waals surface area contributed by atoms with Gasteiger partial charge in [-0.05, 0) is 43.2 Å². The minimum atomic E-state index is -0.740. The Bertz CT molecular complexity index is 1170. The van der Waals surface area contributed by atoms with Crippen LogP contribution in [0.1, 0.15) is 48.4 Å². The van der Waals surface area contributed by atoms with E-state index in [1.54, 1.807) is 36.7 Å². The minimum absolute atomic E-state index is 0.0513. The van der Waals surface area contributed by atoms with E-state index in [-0.39, 0.29) is 23.5 Å². The first-order chi connectivity index (χ1) is 15.7. The van der Waals surface area contributed by atoms with Gasteiger partial charge in [-0.1, -0.05) is 48.9 Å². The predicted molar refractivity (Wildman–Crippen MR) is 126 cm³/mol. The van der Waals surface area contributed by atoms with Gasteiger partial charge in [-0.25, -0.2) is 4.99 Å². The highest BCUT2D eigenvalue weighted by molar-refractivity contribution is 5.84. The van der Waals surface area contributed by atoms with Crippen molar-refractivity contribution in [3.63, 3.8) is 0 Å². The number of fused-ring (bicyclic) bond motifs is 2. The van der Waals surface area contributed by atoms with Gasteiger partial charge in [-0.2, -0.15) is 0 Å². The number of hydrogen-bond acceptors (Lipinski definition) is 5. The number of nitrogens with zero attached hydrogens (tertiary/aromatic N) is 2. The molecule has 32 heavy (non-hydrogen) atoms. The first-order valence-electron chi connectivity index (χ1n) is 11.1. The van der Waals surface area contributed by atoms with Crippen molar-refractivity contribution in [2.24, 2.45) is 15.9 Å². The van der Waals surface area contributed by atoms with Crippen molar-refractivity contribution in [1.82, 2.24) is 0 Å². The van der Waals surface area contributed by atoms with Crippen LogP contribution in [-0.2, 0) is 0 Å². The number of aliphatic imine (C=N–C) groups is 2. The summed E-state index contributed by atoms with van der Waals surface area (Å²) in [5.74, 6) is 1.25. The third-order valence-corrected chi connectivity index (χ3v) is 6.45. The van der Waals surface area contributed by atoms with Gasteiger partial charge < -0.3 is 14.9 Å². The first kappa shape index (κ1) is 20.3. The molecule has 5 nitrogen and oxygen atoms in total. The molecule has 5 rings (SSSR count). The van der Waals surface area contributed by atoms with E-state index in [4.69, 9.17) is 14.7 Å². The Balaban J connectivity index is 1.57. The lowest BCUT2D eigenvalue weighted by atomic mass is 9.73. The highest BCUT2D eigenvalue weighted by Gasteiger charge is 2.51. The maximum Gasteiger partial charge on any atom is 0.205 e. The molecule has 3 atom stereocenters. The molecule has 5 heteroatoms. The molecule has 0 saturated heterocycles. The van der Waals surface area contributed by atoms with Gasteiger partial charge in [0.15, 0.2) is 0 Å². The van der Waals surface area contributed by atoms with Crippen LogP contribution in [-0.4, -0.2) is 28.4 Å². The maximum atomic E-state index is 10.2. The van der Waals surface area contributed by atoms with E-state index in [1.807, 2.05) is 42.5 Å². The second-order valence-corrected chi connectivity index (χ2v) is 8.44. The first-order valence-corrected chi connectivity index (χ1v) is 11.1. The fraction of sp³-hybridized carbons (Fsp3) is 0.259. The van der Waals surface area contributed by atoms with E-state index in [0.717, 1.165) is 37.0 Å². The van der Waals surface area contributed by atoms with Gasteiger partial charge in [-0.15, -0.1) is 0 Å². The molecule has 1 saturated carbocycles. The monoisotopic (exact) mass is 426 g/mol. The number of aromatic hydroxyl groups is 2. The summed E-state index contributed by atoms with van der Waals surface area (Å²) in [6.07, 6.45) is 7.33. The molecule has 0 spiro atoms. The van der Waals surface area contributed by atoms with Crippen molar-refractivity contribution in [3.8, 4) is 17.2 Å². The van der Waals surface area contributed by atoms with E-state index in [1.165, 1.54) is 0 Å². The van der Waals surface area contributed by atoms with E-state index >= 15 is 0 Å². The Morgan fingerprint density at radius 3 is 2.22 bits per heavy atom. The van der Waals surface area contributed by atoms with Crippen molar-refractivity contribution in [2.45, 2.75) is 37.5 Å². The summed E-state index contributed by atoms with van der Waals surface area (Å²) in [5.41, 5.74) is 1.66. The molecule has 1 fully saturated rings. The number of hydrogen-bond donors (Lipinski definition) is 2. The van der Waals surface area contributed by atoms with E-state index in [2.05, 4.69) is 6.07 Å². The Labute approximate surface area is 187 Å². The van der Waals surface area contributed by atoms with Crippen LogP contribution < -0.4 is 4.74 Å². The van der Waals surface area contributed by atoms with Crippen LogP contribution in [0.3, 0.4) is 0 Å². The minimum Gasteiger partial charge on any atom is -0.507 e. The Kier molecular flexibility index (Phi) is 5.39. The molecule has 1 aliphatic heterocycles. The second kappa shape index (κ2) is 8.50. The lowest BCUT2D eigenvalue weighted by Gasteiger charge is -2.47. The van der Waals surface area contributed by atoms with Crippen LogP contribution >= 0.6 is 0 Å². The summed E-state index contributed by atoms with van der Waals surface area (Å²) >= 11 is 0. The fourth-order valence-corrected chi connectivity index (χ4v) is 4.81. The van der Waals surface area contributed by atoms with Gasteiger partial charge in [-0.3, -0.25) is 4.99 Å². The molecule has 0 radical (unpaired) electrons. The van der Waals surface area contributed by atoms with Crippen molar-refractivity contribution in [2.75, 3.05) is 0 Å². The average molecular weight is 427 g/mol. The van der Waals surface area contributed by atoms with Crippen molar-refractivity contribution in [3.05, 3.63) is 89.5 Å². The molecule has 0 bridgehead atoms. The standard InChI is InChI=1S/C27H26N2O3/c30-23-13-4-1-9-19(23)17-28-26-21-11-3-6-15-25(21)32-27(16-8-7-12-22(26)27)29-18-20-10-2-5-14-24(20)31/h1-6,9-11,13-15,17-18,22,26,30-31H,7-8,12,16H2/t22-,26+,27+/m0/s1. The largest absolute Gasteiger partial charge is 0.507 e. The molecule has 3 aromatic rings. The molecule has 0 amide bonds. The fourth-order valence-electron chi connectivity index (χ4n) is 4.81. The molecule has 0 unspecified atom stereocenters. The summed E-state index contributed by atoms with van der Waals surface area (Å²) in [4.78, 5) is 9.93. The van der Waals surface area contributed by atoms with Crippen LogP contribution in [0.15, 0.2) is 82.8 Å². The number of ether oxygens (including phenoxy) is 1. The Hall–Kier alpha value is -3.60. The summed E-state index contributed by atoms with van der Waals surface area (Å²) in [5, 5.41) is 20.4. The lowest BCUT2D eigenvalue weighted by Crippen LogP contribution is -2.49. The number of phenolic OH excluding ortho intramolecular Hbond substituents is 2. The normalized spacial score (nSPS) is 24.8. The third kappa shape index (κ3) is 3.75. The number of benzene rings is 3. The molecular formula is C27H26N2O3. The SMILES string of the molecule is Oc1ccccc1C=N[C@@H]1c2ccccc2O[C@]2(N=Cc3ccccc3O)CCCC[C@@H]12. The molecule has 0 aromatic heterocycles. The smallest absolute Gasteiger partial charge is 0.205 e. The topological polar surface area (TPSA) is 74.4 Å². The second-order valence-electron chi connectivity index (χ2n) is 8.44. The predicted octanol–water partition coefficient (Wildman–Crippen LogP) is 5.66. The number of phenols is 2. The van der Waals surface area contributed by atoms with Gasteiger partial charge >= 0.3 is 0 Å². The molecule has 3 aromatic carbocycles. The quantitative estimate of drug-likeness (QED) is 0.529. The zero-order valence-corrected chi connectivity index (χ0v) is 17.8. The maximum absolute atomic E-state index is 10.2. The van der Waals surface area contributed by atoms with Gasteiger partial charge in [0.25, 0.3) is 0 Å². The molecule has 2 aliphatic rings. The van der Waals surface area contributed by atoms with E-state index < -0.39 is 5.72 Å². The molecular weight excluding hydrogens is 400 g/mol. The van der Waals surface area contributed by atoms with Crippen molar-refractivity contribution < 1.29 is 14.9 Å². The summed E-state index contributed by atoms with van der Waals surface area (Å²) < 4.78 is 6.59. The highest BCUT2D eigenvalue weighted by Crippen LogP contribution is 2.52. The zero-order valence-electron chi connectivity index (χ0n) is 17.8. The average Bonchev–Trinajstić information content (AvgIpc) is 2.82. The Morgan fingerprint density at radius 2 is 1.47 bits per heavy atom. The number of rotatable bonds is 4. The summed E-state index contributed by atoms with van der Waals surface area (Å²) in [6, 6.07) is 22.3. The van der Waals surface area contributed by atoms with Gasteiger partial charge in [0.05, 0.1) is 6.04 Å². The summed E-state index contributed by atoms with van der Waals surface area (Å²) in [6.45, 7) is 0. The van der Waals surface area contributed by atoms with Crippen molar-refractivity contribution in [1.29, 1.82) is 0 Å². The van der Waals surface area contributed by atoms with Gasteiger partial charge in [0.1, 0.15) is 17.2 Å². The van der Waals surface area contributed by atoms with Gasteiger partial charge in [0.2, 0.25) is 5.72 Å². The third-order valence-electron chi connectivity index (χ3n) is 6.45. The van der Waals surface area contributed by atoms with Crippen LogP contribution in [0.5, 0.6) is 17.2 Å². The van der Waals surface area contributed by atoms with Crippen LogP contribution in [0.4, 0.5) is 0 Å². The number of para-hydroxylation sites is 3. The van der Waals surface area contributed by atoms with Crippen molar-refractivity contribution >= 4 is 12.4 Å². The Morgan fingerprint density at radius 1 is 0.812 bits per heavy atom. The van der Waals surface area contributed by atoms with E-state index in [9.17, 15) is 10.2 Å². The van der Waals surface area contributed by atoms with Crippen LogP contribution in [0.2, 0.25) is 0 Å². The lowest BCUT2D eigenvalue weighted by molar-refractivity contribution is -0.0426. The molecule has 1 aliphatic carbocycles. The summed E-state index contributed by atoms with van der Waals surface area (Å²) in [7, 11) is 0. The van der Waals surface area contributed by atoms with Gasteiger partial charge in [0, 0.05) is 41.5 Å². The molecule has 1 heterocycles. The van der Waals surface area contributed by atoms with E-state index in [0.29, 0.717) is 11.1 Å². The zero-order chi connectivity index (χ0) is 22.0. The molecule has 2 N–H and O–H groups in total. The van der Waals surface area contributed by atoms with Crippen LogP contribution in [0.25, 0.3) is 0 Å². The molecule has 162 valence electrons.